The predicted octanol–water partition coefficient (Wildman–Crippen LogP) is 1.36. The highest BCUT2D eigenvalue weighted by Crippen LogP contribution is 2.21. The van der Waals surface area contributed by atoms with Crippen molar-refractivity contribution in [1.29, 1.82) is 0 Å². The summed E-state index contributed by atoms with van der Waals surface area (Å²) in [6.45, 7) is 6.48. The molecule has 0 radical (unpaired) electrons. The van der Waals surface area contributed by atoms with E-state index in [1.165, 1.54) is 6.92 Å². The zero-order valence-electron chi connectivity index (χ0n) is 10.1. The summed E-state index contributed by atoms with van der Waals surface area (Å²) in [7, 11) is -3.77. The minimum atomic E-state index is -3.77. The van der Waals surface area contributed by atoms with Gasteiger partial charge < -0.3 is 9.52 Å². The number of sulfonamides is 1. The summed E-state index contributed by atoms with van der Waals surface area (Å²) in [5, 5.41) is 8.71. The van der Waals surface area contributed by atoms with Gasteiger partial charge in [-0.05, 0) is 27.7 Å². The molecule has 7 heteroatoms. The third-order valence-corrected chi connectivity index (χ3v) is 3.68. The molecule has 0 amide bonds. The first-order chi connectivity index (χ1) is 7.53. The Labute approximate surface area is 99.7 Å². The molecule has 0 aliphatic heterocycles. The van der Waals surface area contributed by atoms with Gasteiger partial charge in [0, 0.05) is 11.6 Å². The van der Waals surface area contributed by atoms with E-state index in [0.717, 1.165) is 6.07 Å². The maximum atomic E-state index is 11.9. The third-order valence-electron chi connectivity index (χ3n) is 1.81. The molecule has 0 atom stereocenters. The van der Waals surface area contributed by atoms with Crippen LogP contribution in [-0.4, -0.2) is 25.0 Å². The summed E-state index contributed by atoms with van der Waals surface area (Å²) in [5.41, 5.74) is -0.647. The first kappa shape index (κ1) is 13.7. The molecule has 0 fully saturated rings. The molecule has 0 spiro atoms. The van der Waals surface area contributed by atoms with Crippen LogP contribution < -0.4 is 4.72 Å². The van der Waals surface area contributed by atoms with E-state index in [0.29, 0.717) is 0 Å². The summed E-state index contributed by atoms with van der Waals surface area (Å²) >= 11 is 0. The molecule has 96 valence electrons. The number of furan rings is 1. The van der Waals surface area contributed by atoms with E-state index in [2.05, 4.69) is 4.72 Å². The van der Waals surface area contributed by atoms with Gasteiger partial charge in [-0.3, -0.25) is 0 Å². The molecule has 1 aromatic rings. The summed E-state index contributed by atoms with van der Waals surface area (Å²) in [6, 6.07) is 1.01. The molecule has 0 bridgehead atoms. The first-order valence-corrected chi connectivity index (χ1v) is 6.39. The standard InChI is InChI=1S/C10H15NO5S/c1-6-8(5-7(16-6)9(12)13)17(14,15)11-10(2,3)4/h5,11H,1-4H3,(H,12,13). The van der Waals surface area contributed by atoms with Crippen LogP contribution in [0.4, 0.5) is 0 Å². The van der Waals surface area contributed by atoms with Crippen molar-refractivity contribution in [2.75, 3.05) is 0 Å². The van der Waals surface area contributed by atoms with Gasteiger partial charge in [0.05, 0.1) is 0 Å². The van der Waals surface area contributed by atoms with Crippen molar-refractivity contribution < 1.29 is 22.7 Å². The van der Waals surface area contributed by atoms with Crippen molar-refractivity contribution in [1.82, 2.24) is 4.72 Å². The number of rotatable bonds is 3. The van der Waals surface area contributed by atoms with Crippen LogP contribution in [0.25, 0.3) is 0 Å². The van der Waals surface area contributed by atoms with Gasteiger partial charge >= 0.3 is 5.97 Å². The second kappa shape index (κ2) is 4.15. The lowest BCUT2D eigenvalue weighted by Gasteiger charge is -2.19. The van der Waals surface area contributed by atoms with Gasteiger partial charge in [-0.15, -0.1) is 0 Å². The maximum absolute atomic E-state index is 11.9. The normalized spacial score (nSPS) is 12.7. The molecule has 0 saturated heterocycles. The van der Waals surface area contributed by atoms with Crippen molar-refractivity contribution in [3.05, 3.63) is 17.6 Å². The molecule has 1 rings (SSSR count). The molecule has 0 aliphatic carbocycles. The largest absolute Gasteiger partial charge is 0.475 e. The van der Waals surface area contributed by atoms with Crippen molar-refractivity contribution >= 4 is 16.0 Å². The Hall–Kier alpha value is -1.34. The van der Waals surface area contributed by atoms with E-state index < -0.39 is 27.3 Å². The fourth-order valence-corrected chi connectivity index (χ4v) is 2.89. The number of carboxylic acid groups (broad SMARTS) is 1. The Balaban J connectivity index is 3.21. The summed E-state index contributed by atoms with van der Waals surface area (Å²) in [4.78, 5) is 10.5. The second-order valence-corrected chi connectivity index (χ2v) is 6.34. The highest BCUT2D eigenvalue weighted by atomic mass is 32.2. The maximum Gasteiger partial charge on any atom is 0.371 e. The van der Waals surface area contributed by atoms with Gasteiger partial charge in [0.2, 0.25) is 15.8 Å². The number of carbonyl (C=O) groups is 1. The van der Waals surface area contributed by atoms with Crippen molar-refractivity contribution in [3.63, 3.8) is 0 Å². The van der Waals surface area contributed by atoms with Gasteiger partial charge in [-0.25, -0.2) is 17.9 Å². The molecule has 6 nitrogen and oxygen atoms in total. The fraction of sp³-hybridized carbons (Fsp3) is 0.500. The monoisotopic (exact) mass is 261 g/mol. The molecule has 2 N–H and O–H groups in total. The lowest BCUT2D eigenvalue weighted by molar-refractivity contribution is 0.0661. The summed E-state index contributed by atoms with van der Waals surface area (Å²) in [6.07, 6.45) is 0. The topological polar surface area (TPSA) is 96.6 Å². The van der Waals surface area contributed by atoms with E-state index in [1.807, 2.05) is 0 Å². The van der Waals surface area contributed by atoms with Gasteiger partial charge in [0.15, 0.2) is 0 Å². The molecule has 0 unspecified atom stereocenters. The Morgan fingerprint density at radius 2 is 1.94 bits per heavy atom. The van der Waals surface area contributed by atoms with Crippen LogP contribution in [0, 0.1) is 6.92 Å². The SMILES string of the molecule is Cc1oc(C(=O)O)cc1S(=O)(=O)NC(C)(C)C. The van der Waals surface area contributed by atoms with E-state index in [4.69, 9.17) is 9.52 Å². The van der Waals surface area contributed by atoms with Crippen LogP contribution in [0.5, 0.6) is 0 Å². The quantitative estimate of drug-likeness (QED) is 0.856. The molecule has 0 saturated carbocycles. The van der Waals surface area contributed by atoms with Crippen LogP contribution in [0.2, 0.25) is 0 Å². The molecule has 0 aliphatic rings. The molecule has 1 heterocycles. The summed E-state index contributed by atoms with van der Waals surface area (Å²) < 4.78 is 31.2. The lowest BCUT2D eigenvalue weighted by Crippen LogP contribution is -2.40. The Morgan fingerprint density at radius 1 is 1.41 bits per heavy atom. The van der Waals surface area contributed by atoms with Crippen molar-refractivity contribution in [2.45, 2.75) is 38.1 Å². The number of hydrogen-bond acceptors (Lipinski definition) is 4. The van der Waals surface area contributed by atoms with E-state index in [1.54, 1.807) is 20.8 Å². The average Bonchev–Trinajstić information content (AvgIpc) is 2.43. The van der Waals surface area contributed by atoms with Gasteiger partial charge in [-0.1, -0.05) is 0 Å². The lowest BCUT2D eigenvalue weighted by atomic mass is 10.1. The van der Waals surface area contributed by atoms with Crippen LogP contribution in [0.1, 0.15) is 37.1 Å². The van der Waals surface area contributed by atoms with Crippen molar-refractivity contribution in [3.8, 4) is 0 Å². The second-order valence-electron chi connectivity index (χ2n) is 4.69. The molecule has 17 heavy (non-hydrogen) atoms. The van der Waals surface area contributed by atoms with Crippen LogP contribution in [0.3, 0.4) is 0 Å². The number of nitrogens with one attached hydrogen (secondary N) is 1. The Bertz CT molecular complexity index is 536. The minimum Gasteiger partial charge on any atom is -0.475 e. The van der Waals surface area contributed by atoms with E-state index in [-0.39, 0.29) is 10.7 Å². The number of carboxylic acids is 1. The predicted molar refractivity (Wildman–Crippen MR) is 60.5 cm³/mol. The van der Waals surface area contributed by atoms with E-state index >= 15 is 0 Å². The van der Waals surface area contributed by atoms with Gasteiger partial charge in [0.1, 0.15) is 10.7 Å². The Kier molecular flexibility index (Phi) is 3.35. The molecule has 0 aromatic carbocycles. The smallest absolute Gasteiger partial charge is 0.371 e. The van der Waals surface area contributed by atoms with Gasteiger partial charge in [0.25, 0.3) is 0 Å². The zero-order valence-corrected chi connectivity index (χ0v) is 10.9. The van der Waals surface area contributed by atoms with E-state index in [9.17, 15) is 13.2 Å². The average molecular weight is 261 g/mol. The van der Waals surface area contributed by atoms with Crippen LogP contribution in [-0.2, 0) is 10.0 Å². The number of aryl methyl sites for hydroxylation is 1. The molecular weight excluding hydrogens is 246 g/mol. The molecular formula is C10H15NO5S. The highest BCUT2D eigenvalue weighted by Gasteiger charge is 2.27. The fourth-order valence-electron chi connectivity index (χ4n) is 1.30. The molecule has 1 aromatic heterocycles. The number of aromatic carboxylic acids is 1. The third kappa shape index (κ3) is 3.31. The summed E-state index contributed by atoms with van der Waals surface area (Å²) in [5.74, 6) is -1.64. The first-order valence-electron chi connectivity index (χ1n) is 4.90. The zero-order chi connectivity index (χ0) is 13.4. The van der Waals surface area contributed by atoms with Crippen LogP contribution >= 0.6 is 0 Å². The van der Waals surface area contributed by atoms with Gasteiger partial charge in [-0.2, -0.15) is 0 Å². The van der Waals surface area contributed by atoms with Crippen LogP contribution in [0.15, 0.2) is 15.4 Å². The Morgan fingerprint density at radius 3 is 2.29 bits per heavy atom. The highest BCUT2D eigenvalue weighted by molar-refractivity contribution is 7.89. The van der Waals surface area contributed by atoms with Crippen molar-refractivity contribution in [2.24, 2.45) is 0 Å². The minimum absolute atomic E-state index is 0.0548. The number of hydrogen-bond donors (Lipinski definition) is 2.